The Labute approximate surface area is 86.5 Å². The Morgan fingerprint density at radius 1 is 1.46 bits per heavy atom. The summed E-state index contributed by atoms with van der Waals surface area (Å²) in [6, 6.07) is 3.09. The summed E-state index contributed by atoms with van der Waals surface area (Å²) in [6.07, 6.45) is 0.860. The van der Waals surface area contributed by atoms with Gasteiger partial charge in [0.1, 0.15) is 5.82 Å². The van der Waals surface area contributed by atoms with Crippen molar-refractivity contribution in [3.8, 4) is 0 Å². The van der Waals surface area contributed by atoms with Crippen molar-refractivity contribution in [1.29, 1.82) is 0 Å². The quantitative estimate of drug-likeness (QED) is 0.864. The third-order valence-corrected chi connectivity index (χ3v) is 2.88. The molecule has 13 heavy (non-hydrogen) atoms. The van der Waals surface area contributed by atoms with Crippen molar-refractivity contribution < 1.29 is 4.39 Å². The summed E-state index contributed by atoms with van der Waals surface area (Å²) in [5, 5.41) is 3.04. The number of benzene rings is 1. The molecule has 3 heteroatoms. The highest BCUT2D eigenvalue weighted by molar-refractivity contribution is 9.10. The molecule has 0 spiro atoms. The van der Waals surface area contributed by atoms with E-state index in [4.69, 9.17) is 0 Å². The van der Waals surface area contributed by atoms with Crippen LogP contribution in [0.25, 0.3) is 0 Å². The van der Waals surface area contributed by atoms with E-state index in [1.807, 2.05) is 14.0 Å². The van der Waals surface area contributed by atoms with Crippen LogP contribution in [0.1, 0.15) is 11.1 Å². The molecule has 1 nitrogen and oxygen atoms in total. The lowest BCUT2D eigenvalue weighted by Crippen LogP contribution is -2.11. The largest absolute Gasteiger partial charge is 0.319 e. The maximum absolute atomic E-state index is 13.0. The molecule has 0 radical (unpaired) electrons. The molecule has 0 saturated heterocycles. The SMILES string of the molecule is CNCCc1cc(F)cc(Br)c1C. The van der Waals surface area contributed by atoms with Gasteiger partial charge < -0.3 is 5.32 Å². The summed E-state index contributed by atoms with van der Waals surface area (Å²) in [4.78, 5) is 0. The zero-order valence-electron chi connectivity index (χ0n) is 7.82. The average molecular weight is 246 g/mol. The minimum atomic E-state index is -0.177. The fraction of sp³-hybridized carbons (Fsp3) is 0.400. The van der Waals surface area contributed by atoms with Crippen LogP contribution in [0.3, 0.4) is 0 Å². The highest BCUT2D eigenvalue weighted by atomic mass is 79.9. The van der Waals surface area contributed by atoms with Crippen LogP contribution >= 0.6 is 15.9 Å². The lowest BCUT2D eigenvalue weighted by atomic mass is 10.1. The lowest BCUT2D eigenvalue weighted by molar-refractivity contribution is 0.622. The van der Waals surface area contributed by atoms with E-state index in [9.17, 15) is 4.39 Å². The maximum atomic E-state index is 13.0. The normalized spacial score (nSPS) is 10.5. The molecule has 1 rings (SSSR count). The van der Waals surface area contributed by atoms with Crippen LogP contribution in [0.4, 0.5) is 4.39 Å². The van der Waals surface area contributed by atoms with Gasteiger partial charge in [-0.2, -0.15) is 0 Å². The predicted molar refractivity (Wildman–Crippen MR) is 56.5 cm³/mol. The van der Waals surface area contributed by atoms with Gasteiger partial charge in [0.15, 0.2) is 0 Å². The third kappa shape index (κ3) is 2.78. The van der Waals surface area contributed by atoms with Crippen LogP contribution in [0.15, 0.2) is 16.6 Å². The minimum absolute atomic E-state index is 0.177. The summed E-state index contributed by atoms with van der Waals surface area (Å²) >= 11 is 3.33. The first-order valence-electron chi connectivity index (χ1n) is 4.24. The molecule has 0 amide bonds. The van der Waals surface area contributed by atoms with Crippen LogP contribution in [0.5, 0.6) is 0 Å². The number of halogens is 2. The topological polar surface area (TPSA) is 12.0 Å². The van der Waals surface area contributed by atoms with Crippen molar-refractivity contribution in [3.63, 3.8) is 0 Å². The molecule has 0 aliphatic heterocycles. The Morgan fingerprint density at radius 2 is 2.15 bits per heavy atom. The zero-order valence-corrected chi connectivity index (χ0v) is 9.41. The van der Waals surface area contributed by atoms with E-state index in [1.165, 1.54) is 6.07 Å². The molecular weight excluding hydrogens is 233 g/mol. The molecule has 0 aliphatic rings. The number of hydrogen-bond acceptors (Lipinski definition) is 1. The van der Waals surface area contributed by atoms with E-state index in [0.29, 0.717) is 0 Å². The van der Waals surface area contributed by atoms with Gasteiger partial charge in [-0.25, -0.2) is 4.39 Å². The molecule has 0 fully saturated rings. The van der Waals surface area contributed by atoms with Gasteiger partial charge in [0, 0.05) is 4.47 Å². The van der Waals surface area contributed by atoms with E-state index in [0.717, 1.165) is 28.6 Å². The monoisotopic (exact) mass is 245 g/mol. The Balaban J connectivity index is 2.92. The summed E-state index contributed by atoms with van der Waals surface area (Å²) < 4.78 is 13.8. The van der Waals surface area contributed by atoms with Crippen LogP contribution < -0.4 is 5.32 Å². The Bertz CT molecular complexity index is 299. The Morgan fingerprint density at radius 3 is 2.77 bits per heavy atom. The fourth-order valence-corrected chi connectivity index (χ4v) is 1.69. The third-order valence-electron chi connectivity index (χ3n) is 2.06. The second-order valence-corrected chi connectivity index (χ2v) is 3.88. The van der Waals surface area contributed by atoms with Gasteiger partial charge in [-0.05, 0) is 50.2 Å². The first-order chi connectivity index (χ1) is 6.15. The second kappa shape index (κ2) is 4.72. The van der Waals surface area contributed by atoms with Crippen molar-refractivity contribution in [1.82, 2.24) is 5.32 Å². The van der Waals surface area contributed by atoms with E-state index in [1.54, 1.807) is 6.07 Å². The second-order valence-electron chi connectivity index (χ2n) is 3.03. The average Bonchev–Trinajstić information content (AvgIpc) is 2.09. The molecular formula is C10H13BrFN. The Kier molecular flexibility index (Phi) is 3.88. The number of likely N-dealkylation sites (N-methyl/N-ethyl adjacent to an activating group) is 1. The molecule has 0 aliphatic carbocycles. The van der Waals surface area contributed by atoms with Gasteiger partial charge in [0.25, 0.3) is 0 Å². The van der Waals surface area contributed by atoms with Crippen LogP contribution in [-0.4, -0.2) is 13.6 Å². The summed E-state index contributed by atoms with van der Waals surface area (Å²) in [5.41, 5.74) is 2.18. The van der Waals surface area contributed by atoms with Crippen LogP contribution in [-0.2, 0) is 6.42 Å². The fourth-order valence-electron chi connectivity index (χ4n) is 1.22. The smallest absolute Gasteiger partial charge is 0.124 e. The molecule has 0 unspecified atom stereocenters. The minimum Gasteiger partial charge on any atom is -0.319 e. The van der Waals surface area contributed by atoms with Gasteiger partial charge in [-0.1, -0.05) is 15.9 Å². The Hall–Kier alpha value is -0.410. The van der Waals surface area contributed by atoms with Crippen molar-refractivity contribution in [2.75, 3.05) is 13.6 Å². The van der Waals surface area contributed by atoms with Crippen molar-refractivity contribution in [3.05, 3.63) is 33.5 Å². The molecule has 1 aromatic rings. The lowest BCUT2D eigenvalue weighted by Gasteiger charge is -2.07. The molecule has 0 saturated carbocycles. The van der Waals surface area contributed by atoms with Gasteiger partial charge in [0.2, 0.25) is 0 Å². The summed E-state index contributed by atoms with van der Waals surface area (Å²) in [7, 11) is 1.89. The van der Waals surface area contributed by atoms with Crippen molar-refractivity contribution in [2.24, 2.45) is 0 Å². The number of nitrogens with one attached hydrogen (secondary N) is 1. The van der Waals surface area contributed by atoms with Crippen molar-refractivity contribution in [2.45, 2.75) is 13.3 Å². The van der Waals surface area contributed by atoms with Crippen LogP contribution in [0.2, 0.25) is 0 Å². The number of rotatable bonds is 3. The molecule has 0 aromatic heterocycles. The van der Waals surface area contributed by atoms with Gasteiger partial charge >= 0.3 is 0 Å². The highest BCUT2D eigenvalue weighted by Gasteiger charge is 2.04. The van der Waals surface area contributed by atoms with E-state index >= 15 is 0 Å². The maximum Gasteiger partial charge on any atom is 0.124 e. The predicted octanol–water partition coefficient (Wildman–Crippen LogP) is 2.66. The molecule has 0 atom stereocenters. The first kappa shape index (κ1) is 10.7. The number of hydrogen-bond donors (Lipinski definition) is 1. The molecule has 0 bridgehead atoms. The van der Waals surface area contributed by atoms with E-state index in [-0.39, 0.29) is 5.82 Å². The van der Waals surface area contributed by atoms with Crippen LogP contribution in [0, 0.1) is 12.7 Å². The van der Waals surface area contributed by atoms with Gasteiger partial charge in [-0.3, -0.25) is 0 Å². The summed E-state index contributed by atoms with van der Waals surface area (Å²) in [6.45, 7) is 2.87. The molecule has 0 heterocycles. The standard InChI is InChI=1S/C10H13BrFN/c1-7-8(3-4-13-2)5-9(12)6-10(7)11/h5-6,13H,3-4H2,1-2H3. The van der Waals surface area contributed by atoms with E-state index in [2.05, 4.69) is 21.2 Å². The molecule has 1 N–H and O–H groups in total. The van der Waals surface area contributed by atoms with Gasteiger partial charge in [0.05, 0.1) is 0 Å². The first-order valence-corrected chi connectivity index (χ1v) is 5.03. The summed E-state index contributed by atoms with van der Waals surface area (Å²) in [5.74, 6) is -0.177. The molecule has 72 valence electrons. The van der Waals surface area contributed by atoms with Crippen molar-refractivity contribution >= 4 is 15.9 Å². The molecule has 1 aromatic carbocycles. The van der Waals surface area contributed by atoms with E-state index < -0.39 is 0 Å². The highest BCUT2D eigenvalue weighted by Crippen LogP contribution is 2.21. The van der Waals surface area contributed by atoms with Gasteiger partial charge in [-0.15, -0.1) is 0 Å². The zero-order chi connectivity index (χ0) is 9.84.